The molecule has 6 heteroatoms. The van der Waals surface area contributed by atoms with Crippen LogP contribution < -0.4 is 0 Å². The van der Waals surface area contributed by atoms with Gasteiger partial charge in [0.25, 0.3) is 11.8 Å². The number of nitrogens with zero attached hydrogens (tertiary/aromatic N) is 1. The average Bonchev–Trinajstić information content (AvgIpc) is 2.84. The fourth-order valence-corrected chi connectivity index (χ4v) is 3.44. The lowest BCUT2D eigenvalue weighted by Crippen LogP contribution is -2.27. The van der Waals surface area contributed by atoms with Gasteiger partial charge in [0.2, 0.25) is 0 Å². The molecule has 0 bridgehead atoms. The van der Waals surface area contributed by atoms with E-state index in [1.807, 2.05) is 0 Å². The number of fused-ring (bicyclic) bond motifs is 1. The molecule has 0 N–H and O–H groups in total. The van der Waals surface area contributed by atoms with E-state index in [-0.39, 0.29) is 29.7 Å². The van der Waals surface area contributed by atoms with Crippen molar-refractivity contribution in [1.82, 2.24) is 4.90 Å². The van der Waals surface area contributed by atoms with Gasteiger partial charge >= 0.3 is 5.97 Å². The van der Waals surface area contributed by atoms with Crippen molar-refractivity contribution in [2.24, 2.45) is 5.92 Å². The number of carbonyl (C=O) groups excluding carboxylic acids is 3. The van der Waals surface area contributed by atoms with Crippen LogP contribution in [0.15, 0.2) is 18.2 Å². The van der Waals surface area contributed by atoms with E-state index in [1.165, 1.54) is 44.5 Å². The van der Waals surface area contributed by atoms with Gasteiger partial charge in [-0.15, -0.1) is 0 Å². The number of rotatable bonds is 5. The van der Waals surface area contributed by atoms with Gasteiger partial charge in [0, 0.05) is 7.05 Å². The second kappa shape index (κ2) is 7.35. The third kappa shape index (κ3) is 3.58. The van der Waals surface area contributed by atoms with Gasteiger partial charge in [0.05, 0.1) is 29.4 Å². The molecule has 0 saturated heterocycles. The predicted molar refractivity (Wildman–Crippen MR) is 90.5 cm³/mol. The number of hydrogen-bond acceptors (Lipinski definition) is 5. The highest BCUT2D eigenvalue weighted by Crippen LogP contribution is 2.26. The maximum absolute atomic E-state index is 12.1. The highest BCUT2D eigenvalue weighted by molar-refractivity contribution is 6.21. The predicted octanol–water partition coefficient (Wildman–Crippen LogP) is 2.66. The van der Waals surface area contributed by atoms with Crippen LogP contribution in [-0.4, -0.2) is 49.0 Å². The van der Waals surface area contributed by atoms with Crippen molar-refractivity contribution in [3.8, 4) is 0 Å². The summed E-state index contributed by atoms with van der Waals surface area (Å²) in [6, 6.07) is 4.43. The quantitative estimate of drug-likeness (QED) is 0.466. The zero-order valence-electron chi connectivity index (χ0n) is 14.6. The summed E-state index contributed by atoms with van der Waals surface area (Å²) in [5.74, 6) is -0.723. The number of ether oxygens (including phenoxy) is 2. The van der Waals surface area contributed by atoms with E-state index < -0.39 is 11.9 Å². The largest absolute Gasteiger partial charge is 0.460 e. The first kappa shape index (κ1) is 17.6. The molecule has 0 radical (unpaired) electrons. The van der Waals surface area contributed by atoms with E-state index in [0.29, 0.717) is 18.1 Å². The Balaban J connectivity index is 1.52. The average molecular weight is 345 g/mol. The molecule has 3 rings (SSSR count). The van der Waals surface area contributed by atoms with E-state index in [4.69, 9.17) is 9.47 Å². The molecule has 1 aromatic carbocycles. The monoisotopic (exact) mass is 345 g/mol. The highest BCUT2D eigenvalue weighted by atomic mass is 16.6. The standard InChI is InChI=1S/C19H23NO5/c1-12-5-3-4-6-16(12)24-9-10-25-19(23)13-7-8-14-15(11-13)18(22)20(2)17(14)21/h7-8,11-12,16H,3-6,9-10H2,1-2H3/t12-,16-/m0/s1. The van der Waals surface area contributed by atoms with Gasteiger partial charge in [-0.3, -0.25) is 14.5 Å². The summed E-state index contributed by atoms with van der Waals surface area (Å²) in [5.41, 5.74) is 0.828. The lowest BCUT2D eigenvalue weighted by molar-refractivity contribution is -0.0271. The number of carbonyl (C=O) groups is 3. The maximum atomic E-state index is 12.1. The lowest BCUT2D eigenvalue weighted by Gasteiger charge is -2.28. The molecule has 6 nitrogen and oxygen atoms in total. The van der Waals surface area contributed by atoms with Crippen LogP contribution in [0.5, 0.6) is 0 Å². The van der Waals surface area contributed by atoms with Crippen molar-refractivity contribution in [2.75, 3.05) is 20.3 Å². The van der Waals surface area contributed by atoms with Crippen molar-refractivity contribution in [1.29, 1.82) is 0 Å². The topological polar surface area (TPSA) is 72.9 Å². The van der Waals surface area contributed by atoms with Crippen LogP contribution >= 0.6 is 0 Å². The third-order valence-electron chi connectivity index (χ3n) is 5.01. The summed E-state index contributed by atoms with van der Waals surface area (Å²) >= 11 is 0. The molecule has 1 saturated carbocycles. The molecule has 25 heavy (non-hydrogen) atoms. The summed E-state index contributed by atoms with van der Waals surface area (Å²) in [6.45, 7) is 2.73. The second-order valence-electron chi connectivity index (χ2n) is 6.74. The minimum Gasteiger partial charge on any atom is -0.460 e. The normalized spacial score (nSPS) is 22.9. The van der Waals surface area contributed by atoms with Gasteiger partial charge < -0.3 is 9.47 Å². The molecule has 0 spiro atoms. The van der Waals surface area contributed by atoms with Crippen LogP contribution in [0.4, 0.5) is 0 Å². The Morgan fingerprint density at radius 3 is 2.60 bits per heavy atom. The van der Waals surface area contributed by atoms with Crippen molar-refractivity contribution in [2.45, 2.75) is 38.7 Å². The Labute approximate surface area is 147 Å². The third-order valence-corrected chi connectivity index (χ3v) is 5.01. The van der Waals surface area contributed by atoms with E-state index in [2.05, 4.69) is 6.92 Å². The maximum Gasteiger partial charge on any atom is 0.338 e. The van der Waals surface area contributed by atoms with Crippen molar-refractivity contribution in [3.05, 3.63) is 34.9 Å². The molecule has 1 fully saturated rings. The van der Waals surface area contributed by atoms with Gasteiger partial charge in [-0.2, -0.15) is 0 Å². The van der Waals surface area contributed by atoms with Gasteiger partial charge in [-0.05, 0) is 37.0 Å². The Hall–Kier alpha value is -2.21. The summed E-state index contributed by atoms with van der Waals surface area (Å²) in [5, 5.41) is 0. The van der Waals surface area contributed by atoms with E-state index in [1.54, 1.807) is 0 Å². The summed E-state index contributed by atoms with van der Waals surface area (Å²) in [6.07, 6.45) is 4.92. The molecular weight excluding hydrogens is 322 g/mol. The van der Waals surface area contributed by atoms with Crippen molar-refractivity contribution >= 4 is 17.8 Å². The molecule has 1 aliphatic heterocycles. The molecule has 1 heterocycles. The molecular formula is C19H23NO5. The first-order chi connectivity index (χ1) is 12.0. The van der Waals surface area contributed by atoms with Crippen molar-refractivity contribution < 1.29 is 23.9 Å². The number of amides is 2. The number of esters is 1. The number of benzene rings is 1. The molecule has 134 valence electrons. The molecule has 1 aromatic rings. The second-order valence-corrected chi connectivity index (χ2v) is 6.74. The molecule has 2 amide bonds. The van der Waals surface area contributed by atoms with Gasteiger partial charge in [-0.1, -0.05) is 19.8 Å². The molecule has 0 unspecified atom stereocenters. The minimum absolute atomic E-state index is 0.173. The van der Waals surface area contributed by atoms with Crippen LogP contribution in [0.25, 0.3) is 0 Å². The Kier molecular flexibility index (Phi) is 5.18. The van der Waals surface area contributed by atoms with Crippen LogP contribution in [0.1, 0.15) is 63.7 Å². The van der Waals surface area contributed by atoms with E-state index in [0.717, 1.165) is 11.3 Å². The van der Waals surface area contributed by atoms with E-state index in [9.17, 15) is 14.4 Å². The summed E-state index contributed by atoms with van der Waals surface area (Å²) < 4.78 is 11.0. The lowest BCUT2D eigenvalue weighted by atomic mass is 9.88. The van der Waals surface area contributed by atoms with Crippen LogP contribution in [0.2, 0.25) is 0 Å². The number of imide groups is 1. The van der Waals surface area contributed by atoms with Gasteiger partial charge in [0.15, 0.2) is 0 Å². The minimum atomic E-state index is -0.516. The summed E-state index contributed by atoms with van der Waals surface area (Å²) in [7, 11) is 1.42. The van der Waals surface area contributed by atoms with E-state index >= 15 is 0 Å². The smallest absolute Gasteiger partial charge is 0.338 e. The van der Waals surface area contributed by atoms with Gasteiger partial charge in [0.1, 0.15) is 6.61 Å². The Bertz CT molecular complexity index is 699. The zero-order valence-corrected chi connectivity index (χ0v) is 14.6. The molecule has 2 atom stereocenters. The van der Waals surface area contributed by atoms with Crippen LogP contribution in [0, 0.1) is 5.92 Å². The summed E-state index contributed by atoms with van der Waals surface area (Å²) in [4.78, 5) is 37.0. The van der Waals surface area contributed by atoms with Crippen molar-refractivity contribution in [3.63, 3.8) is 0 Å². The highest BCUT2D eigenvalue weighted by Gasteiger charge is 2.33. The Morgan fingerprint density at radius 2 is 1.84 bits per heavy atom. The SMILES string of the molecule is C[C@H]1CCCC[C@@H]1OCCOC(=O)c1ccc2c(c1)C(=O)N(C)C2=O. The van der Waals surface area contributed by atoms with Crippen LogP contribution in [-0.2, 0) is 9.47 Å². The first-order valence-electron chi connectivity index (χ1n) is 8.74. The molecule has 2 aliphatic rings. The Morgan fingerprint density at radius 1 is 1.12 bits per heavy atom. The zero-order chi connectivity index (χ0) is 18.0. The fourth-order valence-electron chi connectivity index (χ4n) is 3.44. The molecule has 1 aliphatic carbocycles. The van der Waals surface area contributed by atoms with Gasteiger partial charge in [-0.25, -0.2) is 4.79 Å². The fraction of sp³-hybridized carbons (Fsp3) is 0.526. The molecule has 0 aromatic heterocycles. The van der Waals surface area contributed by atoms with Crippen LogP contribution in [0.3, 0.4) is 0 Å². The first-order valence-corrected chi connectivity index (χ1v) is 8.74. The number of hydrogen-bond donors (Lipinski definition) is 0.